The number of esters is 1. The number of aryl methyl sites for hydroxylation is 1. The lowest BCUT2D eigenvalue weighted by Gasteiger charge is -2.33. The van der Waals surface area contributed by atoms with E-state index in [1.165, 1.54) is 0 Å². The summed E-state index contributed by atoms with van der Waals surface area (Å²) in [6.07, 6.45) is 0.815. The van der Waals surface area contributed by atoms with Crippen molar-refractivity contribution in [3.63, 3.8) is 0 Å². The molecular weight excluding hydrogens is 294 g/mol. The molecule has 0 N–H and O–H groups in total. The summed E-state index contributed by atoms with van der Waals surface area (Å²) < 4.78 is 10.9. The van der Waals surface area contributed by atoms with Gasteiger partial charge in [0.25, 0.3) is 0 Å². The maximum absolute atomic E-state index is 12.2. The molecular formula is C18H25NO4. The molecule has 1 aliphatic heterocycles. The molecule has 5 heteroatoms. The summed E-state index contributed by atoms with van der Waals surface area (Å²) in [5, 5.41) is 0. The summed E-state index contributed by atoms with van der Waals surface area (Å²) in [5.74, 6) is -0.293. The van der Waals surface area contributed by atoms with E-state index in [0.29, 0.717) is 31.5 Å². The van der Waals surface area contributed by atoms with E-state index in [9.17, 15) is 9.59 Å². The molecule has 2 rings (SSSR count). The molecule has 1 fully saturated rings. The van der Waals surface area contributed by atoms with Crippen LogP contribution in [0.15, 0.2) is 24.3 Å². The highest BCUT2D eigenvalue weighted by Gasteiger charge is 2.28. The fourth-order valence-corrected chi connectivity index (χ4v) is 2.50. The minimum Gasteiger partial charge on any atom is -0.459 e. The number of carbonyl (C=O) groups is 2. The van der Waals surface area contributed by atoms with Crippen molar-refractivity contribution in [3.05, 3.63) is 35.4 Å². The molecule has 23 heavy (non-hydrogen) atoms. The molecule has 1 amide bonds. The number of nitrogens with zero attached hydrogens (tertiary/aromatic N) is 1. The summed E-state index contributed by atoms with van der Waals surface area (Å²) in [6.45, 7) is 8.52. The van der Waals surface area contributed by atoms with E-state index in [2.05, 4.69) is 0 Å². The maximum atomic E-state index is 12.2. The molecule has 0 aromatic heterocycles. The summed E-state index contributed by atoms with van der Waals surface area (Å²) in [6, 6.07) is 7.38. The zero-order valence-electron chi connectivity index (χ0n) is 14.3. The first-order valence-corrected chi connectivity index (χ1v) is 8.01. The van der Waals surface area contributed by atoms with Gasteiger partial charge in [0.15, 0.2) is 0 Å². The topological polar surface area (TPSA) is 55.8 Å². The minimum atomic E-state index is -0.495. The minimum absolute atomic E-state index is 0.152. The van der Waals surface area contributed by atoms with E-state index in [-0.39, 0.29) is 18.2 Å². The second-order valence-electron chi connectivity index (χ2n) is 6.89. The maximum Gasteiger partial charge on any atom is 0.410 e. The van der Waals surface area contributed by atoms with Gasteiger partial charge in [-0.2, -0.15) is 0 Å². The fraction of sp³-hybridized carbons (Fsp3) is 0.556. The number of likely N-dealkylation sites (tertiary alicyclic amines) is 1. The molecule has 126 valence electrons. The van der Waals surface area contributed by atoms with Crippen molar-refractivity contribution in [3.8, 4) is 0 Å². The molecule has 1 aromatic rings. The largest absolute Gasteiger partial charge is 0.459 e. The van der Waals surface area contributed by atoms with Crippen LogP contribution in [0.5, 0.6) is 0 Å². The summed E-state index contributed by atoms with van der Waals surface area (Å²) in [7, 11) is 0. The molecule has 5 nitrogen and oxygen atoms in total. The van der Waals surface area contributed by atoms with Gasteiger partial charge < -0.3 is 14.4 Å². The molecule has 0 aliphatic carbocycles. The molecule has 1 heterocycles. The first kappa shape index (κ1) is 17.3. The number of rotatable bonds is 2. The first-order valence-electron chi connectivity index (χ1n) is 8.01. The summed E-state index contributed by atoms with van der Waals surface area (Å²) in [4.78, 5) is 25.9. The summed E-state index contributed by atoms with van der Waals surface area (Å²) in [5.41, 5.74) is 1.01. The van der Waals surface area contributed by atoms with Crippen molar-refractivity contribution in [1.29, 1.82) is 0 Å². The van der Waals surface area contributed by atoms with Crippen molar-refractivity contribution in [2.75, 3.05) is 13.1 Å². The molecule has 1 saturated heterocycles. The molecule has 0 unspecified atom stereocenters. The molecule has 0 bridgehead atoms. The highest BCUT2D eigenvalue weighted by Crippen LogP contribution is 2.19. The van der Waals surface area contributed by atoms with Crippen LogP contribution in [0.4, 0.5) is 4.79 Å². The number of hydrogen-bond acceptors (Lipinski definition) is 4. The van der Waals surface area contributed by atoms with E-state index in [4.69, 9.17) is 9.47 Å². The normalized spacial score (nSPS) is 16.1. The SMILES string of the molecule is Cc1ccccc1C(=O)OC1CCN(C(=O)OC(C)(C)C)CC1. The van der Waals surface area contributed by atoms with Gasteiger partial charge in [0.2, 0.25) is 0 Å². The van der Waals surface area contributed by atoms with Gasteiger partial charge in [0.1, 0.15) is 11.7 Å². The number of hydrogen-bond donors (Lipinski definition) is 0. The molecule has 1 aliphatic rings. The van der Waals surface area contributed by atoms with Crippen LogP contribution in [-0.2, 0) is 9.47 Å². The number of benzene rings is 1. The molecule has 0 radical (unpaired) electrons. The summed E-state index contributed by atoms with van der Waals surface area (Å²) >= 11 is 0. The van der Waals surface area contributed by atoms with Crippen LogP contribution in [0, 0.1) is 6.92 Å². The van der Waals surface area contributed by atoms with Crippen LogP contribution in [0.2, 0.25) is 0 Å². The second kappa shape index (κ2) is 7.02. The van der Waals surface area contributed by atoms with Gasteiger partial charge in [-0.15, -0.1) is 0 Å². The van der Waals surface area contributed by atoms with E-state index in [1.807, 2.05) is 45.9 Å². The predicted molar refractivity (Wildman–Crippen MR) is 87.4 cm³/mol. The molecule has 0 saturated carbocycles. The van der Waals surface area contributed by atoms with E-state index < -0.39 is 5.60 Å². The van der Waals surface area contributed by atoms with Crippen LogP contribution < -0.4 is 0 Å². The van der Waals surface area contributed by atoms with E-state index in [1.54, 1.807) is 11.0 Å². The van der Waals surface area contributed by atoms with Crippen LogP contribution in [-0.4, -0.2) is 41.8 Å². The highest BCUT2D eigenvalue weighted by atomic mass is 16.6. The predicted octanol–water partition coefficient (Wildman–Crippen LogP) is 3.55. The Labute approximate surface area is 137 Å². The van der Waals surface area contributed by atoms with Crippen LogP contribution in [0.3, 0.4) is 0 Å². The lowest BCUT2D eigenvalue weighted by Crippen LogP contribution is -2.43. The fourth-order valence-electron chi connectivity index (χ4n) is 2.50. The van der Waals surface area contributed by atoms with Crippen LogP contribution >= 0.6 is 0 Å². The lowest BCUT2D eigenvalue weighted by atomic mass is 10.1. The van der Waals surface area contributed by atoms with Crippen molar-refractivity contribution in [2.45, 2.75) is 52.2 Å². The van der Waals surface area contributed by atoms with Gasteiger partial charge in [-0.25, -0.2) is 9.59 Å². The Morgan fingerprint density at radius 3 is 2.30 bits per heavy atom. The number of piperidine rings is 1. The zero-order chi connectivity index (χ0) is 17.0. The van der Waals surface area contributed by atoms with Gasteiger partial charge in [-0.05, 0) is 39.3 Å². The monoisotopic (exact) mass is 319 g/mol. The number of amides is 1. The second-order valence-corrected chi connectivity index (χ2v) is 6.89. The standard InChI is InChI=1S/C18H25NO4/c1-13-7-5-6-8-15(13)16(20)22-14-9-11-19(12-10-14)17(21)23-18(2,3)4/h5-8,14H,9-12H2,1-4H3. The Hall–Kier alpha value is -2.04. The van der Waals surface area contributed by atoms with Crippen molar-refractivity contribution < 1.29 is 19.1 Å². The van der Waals surface area contributed by atoms with Crippen molar-refractivity contribution in [1.82, 2.24) is 4.90 Å². The van der Waals surface area contributed by atoms with Gasteiger partial charge in [-0.3, -0.25) is 0 Å². The molecule has 0 atom stereocenters. The van der Waals surface area contributed by atoms with Crippen LogP contribution in [0.1, 0.15) is 49.5 Å². The Kier molecular flexibility index (Phi) is 5.29. The Morgan fingerprint density at radius 1 is 1.13 bits per heavy atom. The zero-order valence-corrected chi connectivity index (χ0v) is 14.3. The van der Waals surface area contributed by atoms with E-state index in [0.717, 1.165) is 5.56 Å². The average molecular weight is 319 g/mol. The highest BCUT2D eigenvalue weighted by molar-refractivity contribution is 5.91. The van der Waals surface area contributed by atoms with Crippen molar-refractivity contribution >= 4 is 12.1 Å². The third-order valence-electron chi connectivity index (χ3n) is 3.73. The third kappa shape index (κ3) is 4.98. The lowest BCUT2D eigenvalue weighted by molar-refractivity contribution is -0.00342. The Bertz CT molecular complexity index is 569. The van der Waals surface area contributed by atoms with Gasteiger partial charge >= 0.3 is 12.1 Å². The van der Waals surface area contributed by atoms with Gasteiger partial charge in [0, 0.05) is 25.9 Å². The quantitative estimate of drug-likeness (QED) is 0.782. The average Bonchev–Trinajstić information content (AvgIpc) is 2.46. The number of ether oxygens (including phenoxy) is 2. The Morgan fingerprint density at radius 2 is 1.74 bits per heavy atom. The Balaban J connectivity index is 1.84. The van der Waals surface area contributed by atoms with Gasteiger partial charge in [-0.1, -0.05) is 18.2 Å². The smallest absolute Gasteiger partial charge is 0.410 e. The van der Waals surface area contributed by atoms with E-state index >= 15 is 0 Å². The van der Waals surface area contributed by atoms with Crippen molar-refractivity contribution in [2.24, 2.45) is 0 Å². The third-order valence-corrected chi connectivity index (χ3v) is 3.73. The molecule has 0 spiro atoms. The van der Waals surface area contributed by atoms with Crippen LogP contribution in [0.25, 0.3) is 0 Å². The number of carbonyl (C=O) groups excluding carboxylic acids is 2. The van der Waals surface area contributed by atoms with Gasteiger partial charge in [0.05, 0.1) is 5.56 Å². The first-order chi connectivity index (χ1) is 10.8. The molecule has 1 aromatic carbocycles.